The molecule has 0 aromatic heterocycles. The predicted molar refractivity (Wildman–Crippen MR) is 85.2 cm³/mol. The van der Waals surface area contributed by atoms with Crippen molar-refractivity contribution in [3.8, 4) is 0 Å². The smallest absolute Gasteiger partial charge is 0.0985 e. The molecule has 3 N–H and O–H groups in total. The Morgan fingerprint density at radius 3 is 2.45 bits per heavy atom. The lowest BCUT2D eigenvalue weighted by atomic mass is 9.43. The summed E-state index contributed by atoms with van der Waals surface area (Å²) < 4.78 is 0. The molecule has 4 saturated carbocycles. The third-order valence-electron chi connectivity index (χ3n) is 8.62. The van der Waals surface area contributed by atoms with Crippen molar-refractivity contribution >= 4 is 0 Å². The molecule has 8 atom stereocenters. The van der Waals surface area contributed by atoms with Crippen molar-refractivity contribution in [3.05, 3.63) is 0 Å². The first-order valence-corrected chi connectivity index (χ1v) is 9.39. The second-order valence-electron chi connectivity index (χ2n) is 9.45. The molecule has 4 rings (SSSR count). The highest BCUT2D eigenvalue weighted by Gasteiger charge is 2.66. The van der Waals surface area contributed by atoms with Crippen LogP contribution in [-0.2, 0) is 0 Å². The van der Waals surface area contributed by atoms with Crippen LogP contribution < -0.4 is 0 Å². The maximum Gasteiger partial charge on any atom is 0.0985 e. The van der Waals surface area contributed by atoms with Crippen molar-refractivity contribution in [2.45, 2.75) is 89.4 Å². The van der Waals surface area contributed by atoms with Crippen molar-refractivity contribution < 1.29 is 15.3 Å². The lowest BCUT2D eigenvalue weighted by Gasteiger charge is -2.65. The zero-order valence-electron chi connectivity index (χ0n) is 14.1. The van der Waals surface area contributed by atoms with Gasteiger partial charge in [0.05, 0.1) is 17.8 Å². The minimum atomic E-state index is -1.09. The van der Waals surface area contributed by atoms with E-state index in [0.717, 1.165) is 25.2 Å². The van der Waals surface area contributed by atoms with E-state index in [9.17, 15) is 15.3 Å². The molecule has 0 radical (unpaired) electrons. The minimum Gasteiger partial charge on any atom is -0.393 e. The van der Waals surface area contributed by atoms with Gasteiger partial charge in [-0.15, -0.1) is 0 Å². The average Bonchev–Trinajstić information content (AvgIpc) is 2.84. The molecule has 0 unspecified atom stereocenters. The highest BCUT2D eigenvalue weighted by molar-refractivity contribution is 5.16. The summed E-state index contributed by atoms with van der Waals surface area (Å²) in [5, 5.41) is 32.2. The fourth-order valence-corrected chi connectivity index (χ4v) is 7.25. The summed E-state index contributed by atoms with van der Waals surface area (Å²) in [5.41, 5.74) is -0.836. The number of rotatable bonds is 0. The molecule has 3 nitrogen and oxygen atoms in total. The molecular formula is C19H32O3. The maximum atomic E-state index is 11.3. The van der Waals surface area contributed by atoms with Crippen LogP contribution in [0.4, 0.5) is 0 Å². The molecule has 3 heteroatoms. The summed E-state index contributed by atoms with van der Waals surface area (Å²) in [4.78, 5) is 0. The molecule has 4 aliphatic carbocycles. The third-order valence-corrected chi connectivity index (χ3v) is 8.62. The largest absolute Gasteiger partial charge is 0.393 e. The van der Waals surface area contributed by atoms with Gasteiger partial charge in [0.25, 0.3) is 0 Å². The van der Waals surface area contributed by atoms with Crippen LogP contribution in [0, 0.1) is 28.6 Å². The Hall–Kier alpha value is -0.120. The molecule has 0 spiro atoms. The van der Waals surface area contributed by atoms with E-state index in [1.165, 1.54) is 32.1 Å². The van der Waals surface area contributed by atoms with Gasteiger partial charge in [0.15, 0.2) is 0 Å². The molecule has 126 valence electrons. The molecule has 0 amide bonds. The summed E-state index contributed by atoms with van der Waals surface area (Å²) in [7, 11) is 0. The first-order chi connectivity index (χ1) is 10.3. The Morgan fingerprint density at radius 1 is 0.909 bits per heavy atom. The average molecular weight is 308 g/mol. The molecule has 0 saturated heterocycles. The van der Waals surface area contributed by atoms with E-state index in [4.69, 9.17) is 0 Å². The number of aliphatic hydroxyl groups excluding tert-OH is 2. The van der Waals surface area contributed by atoms with Gasteiger partial charge in [-0.25, -0.2) is 0 Å². The van der Waals surface area contributed by atoms with Gasteiger partial charge in [-0.05, 0) is 68.1 Å². The molecule has 0 bridgehead atoms. The number of fused-ring (bicyclic) bond motifs is 5. The van der Waals surface area contributed by atoms with Crippen molar-refractivity contribution in [1.29, 1.82) is 0 Å². The van der Waals surface area contributed by atoms with E-state index < -0.39 is 17.8 Å². The molecule has 4 fully saturated rings. The minimum absolute atomic E-state index is 0.224. The first kappa shape index (κ1) is 15.4. The van der Waals surface area contributed by atoms with Gasteiger partial charge in [-0.1, -0.05) is 20.3 Å². The first-order valence-electron chi connectivity index (χ1n) is 9.39. The molecule has 22 heavy (non-hydrogen) atoms. The van der Waals surface area contributed by atoms with Crippen molar-refractivity contribution in [1.82, 2.24) is 0 Å². The molecule has 0 aromatic carbocycles. The summed E-state index contributed by atoms with van der Waals surface area (Å²) in [6, 6.07) is 0. The number of hydrogen-bond donors (Lipinski definition) is 3. The van der Waals surface area contributed by atoms with Crippen LogP contribution in [0.2, 0.25) is 0 Å². The fourth-order valence-electron chi connectivity index (χ4n) is 7.25. The van der Waals surface area contributed by atoms with Gasteiger partial charge >= 0.3 is 0 Å². The van der Waals surface area contributed by atoms with Gasteiger partial charge in [-0.2, -0.15) is 0 Å². The predicted octanol–water partition coefficient (Wildman–Crippen LogP) is 2.87. The Labute approximate surface area is 134 Å². The SMILES string of the molecule is C[C@@]12CCC[C@H]1[C@@H]1C[C@H](O)[C@@]3(O)C[C@H](O)CC[C@]3(C)[C@H]1CC2. The van der Waals surface area contributed by atoms with Gasteiger partial charge in [0, 0.05) is 11.8 Å². The van der Waals surface area contributed by atoms with Crippen molar-refractivity contribution in [2.75, 3.05) is 0 Å². The van der Waals surface area contributed by atoms with Gasteiger partial charge in [-0.3, -0.25) is 0 Å². The Morgan fingerprint density at radius 2 is 1.68 bits per heavy atom. The van der Waals surface area contributed by atoms with Crippen LogP contribution in [-0.4, -0.2) is 33.1 Å². The quantitative estimate of drug-likeness (QED) is 0.645. The molecule has 0 heterocycles. The zero-order chi connectivity index (χ0) is 15.8. The third kappa shape index (κ3) is 1.79. The molecule has 4 aliphatic rings. The van der Waals surface area contributed by atoms with Gasteiger partial charge in [0.2, 0.25) is 0 Å². The van der Waals surface area contributed by atoms with E-state index in [1.807, 2.05) is 0 Å². The van der Waals surface area contributed by atoms with Gasteiger partial charge < -0.3 is 15.3 Å². The Balaban J connectivity index is 1.71. The monoisotopic (exact) mass is 308 g/mol. The summed E-state index contributed by atoms with van der Waals surface area (Å²) in [5.74, 6) is 1.82. The molecular weight excluding hydrogens is 276 g/mol. The summed E-state index contributed by atoms with van der Waals surface area (Å²) in [6.45, 7) is 4.66. The zero-order valence-corrected chi connectivity index (χ0v) is 14.1. The molecule has 0 aliphatic heterocycles. The van der Waals surface area contributed by atoms with Gasteiger partial charge in [0.1, 0.15) is 0 Å². The highest BCUT2D eigenvalue weighted by atomic mass is 16.3. The number of aliphatic hydroxyl groups is 3. The van der Waals surface area contributed by atoms with E-state index in [0.29, 0.717) is 23.7 Å². The van der Waals surface area contributed by atoms with Crippen LogP contribution in [0.5, 0.6) is 0 Å². The second-order valence-corrected chi connectivity index (χ2v) is 9.45. The van der Waals surface area contributed by atoms with E-state index in [1.54, 1.807) is 0 Å². The van der Waals surface area contributed by atoms with Crippen molar-refractivity contribution in [3.63, 3.8) is 0 Å². The number of hydrogen-bond acceptors (Lipinski definition) is 3. The van der Waals surface area contributed by atoms with Crippen LogP contribution in [0.3, 0.4) is 0 Å². The maximum absolute atomic E-state index is 11.3. The van der Waals surface area contributed by atoms with E-state index in [-0.39, 0.29) is 5.41 Å². The fraction of sp³-hybridized carbons (Fsp3) is 1.00. The van der Waals surface area contributed by atoms with Crippen molar-refractivity contribution in [2.24, 2.45) is 28.6 Å². The van der Waals surface area contributed by atoms with Crippen LogP contribution in [0.25, 0.3) is 0 Å². The Bertz CT molecular complexity index is 466. The normalized spacial score (nSPS) is 61.2. The topological polar surface area (TPSA) is 60.7 Å². The summed E-state index contributed by atoms with van der Waals surface area (Å²) >= 11 is 0. The van der Waals surface area contributed by atoms with Crippen LogP contribution >= 0.6 is 0 Å². The van der Waals surface area contributed by atoms with E-state index in [2.05, 4.69) is 13.8 Å². The summed E-state index contributed by atoms with van der Waals surface area (Å²) in [6.07, 6.45) is 8.06. The Kier molecular flexibility index (Phi) is 3.30. The second kappa shape index (κ2) is 4.70. The van der Waals surface area contributed by atoms with E-state index >= 15 is 0 Å². The highest BCUT2D eigenvalue weighted by Crippen LogP contribution is 2.67. The lowest BCUT2D eigenvalue weighted by molar-refractivity contribution is -0.263. The van der Waals surface area contributed by atoms with Crippen LogP contribution in [0.1, 0.15) is 71.6 Å². The lowest BCUT2D eigenvalue weighted by Crippen LogP contribution is -2.68. The molecule has 0 aromatic rings. The van der Waals surface area contributed by atoms with Crippen LogP contribution in [0.15, 0.2) is 0 Å². The standard InChI is InChI=1S/C19H32O3/c1-17-7-3-4-14(17)13-10-16(21)19(22)11-12(20)5-9-18(19,2)15(13)6-8-17/h12-16,20-22H,3-11H2,1-2H3/t12-,13+,14+,15+,16+,17+,18-,19+/m1/s1.